The van der Waals surface area contributed by atoms with Crippen molar-refractivity contribution in [1.82, 2.24) is 5.32 Å². The number of amides is 1. The van der Waals surface area contributed by atoms with Gasteiger partial charge in [0.25, 0.3) is 5.91 Å². The number of thiophene rings is 1. The van der Waals surface area contributed by atoms with Crippen LogP contribution in [0.25, 0.3) is 10.4 Å². The van der Waals surface area contributed by atoms with Gasteiger partial charge in [-0.15, -0.1) is 11.3 Å². The molecule has 0 spiro atoms. The molecule has 0 saturated carbocycles. The Morgan fingerprint density at radius 2 is 1.85 bits per heavy atom. The molecule has 26 heavy (non-hydrogen) atoms. The van der Waals surface area contributed by atoms with Crippen molar-refractivity contribution in [3.05, 3.63) is 46.3 Å². The monoisotopic (exact) mass is 395 g/mol. The maximum absolute atomic E-state index is 12.4. The zero-order chi connectivity index (χ0) is 19.3. The fourth-order valence-corrected chi connectivity index (χ4v) is 3.24. The number of aliphatic carboxylic acids is 1. The molecule has 0 saturated heterocycles. The number of benzene rings is 1. The topological polar surface area (TPSA) is 75.6 Å². The molecule has 7 heteroatoms. The van der Waals surface area contributed by atoms with Crippen LogP contribution in [-0.2, 0) is 9.53 Å². The molecule has 2 aromatic rings. The van der Waals surface area contributed by atoms with Gasteiger partial charge in [-0.3, -0.25) is 4.79 Å². The molecule has 1 heterocycles. The summed E-state index contributed by atoms with van der Waals surface area (Å²) in [5, 5.41) is 12.5. The normalized spacial score (nSPS) is 12.6. The number of carboxylic acids is 1. The molecule has 0 fully saturated rings. The van der Waals surface area contributed by atoms with Gasteiger partial charge >= 0.3 is 5.97 Å². The van der Waals surface area contributed by atoms with Gasteiger partial charge in [-0.1, -0.05) is 23.7 Å². The number of carbonyl (C=O) groups is 2. The third-order valence-corrected chi connectivity index (χ3v) is 4.89. The smallest absolute Gasteiger partial charge is 0.326 e. The molecule has 1 aromatic carbocycles. The minimum Gasteiger partial charge on any atom is -0.480 e. The van der Waals surface area contributed by atoms with E-state index in [1.54, 1.807) is 18.2 Å². The fourth-order valence-electron chi connectivity index (χ4n) is 2.20. The van der Waals surface area contributed by atoms with E-state index >= 15 is 0 Å². The van der Waals surface area contributed by atoms with Gasteiger partial charge in [0.15, 0.2) is 0 Å². The first kappa shape index (κ1) is 20.4. The number of carbonyl (C=O) groups excluding carboxylic acids is 1. The van der Waals surface area contributed by atoms with Gasteiger partial charge < -0.3 is 15.2 Å². The summed E-state index contributed by atoms with van der Waals surface area (Å²) in [7, 11) is 0. The van der Waals surface area contributed by atoms with Gasteiger partial charge in [0.2, 0.25) is 0 Å². The van der Waals surface area contributed by atoms with Gasteiger partial charge in [-0.25, -0.2) is 4.79 Å². The molecule has 1 atom stereocenters. The number of nitrogens with one attached hydrogen (secondary N) is 1. The number of hydrogen-bond donors (Lipinski definition) is 2. The molecule has 0 aliphatic rings. The Hall–Kier alpha value is -1.89. The van der Waals surface area contributed by atoms with Gasteiger partial charge in [0, 0.05) is 22.9 Å². The van der Waals surface area contributed by atoms with Crippen molar-refractivity contribution in [2.75, 3.05) is 6.61 Å². The lowest BCUT2D eigenvalue weighted by molar-refractivity contribution is -0.140. The Morgan fingerprint density at radius 3 is 2.42 bits per heavy atom. The van der Waals surface area contributed by atoms with Crippen molar-refractivity contribution in [2.24, 2.45) is 0 Å². The Bertz CT molecular complexity index is 765. The largest absolute Gasteiger partial charge is 0.480 e. The number of rotatable bonds is 7. The molecule has 1 unspecified atom stereocenters. The molecule has 0 aliphatic heterocycles. The third-order valence-electron chi connectivity index (χ3n) is 3.50. The van der Waals surface area contributed by atoms with Crippen LogP contribution in [0.5, 0.6) is 0 Å². The SMILES string of the molecule is CC(C)(C)OCCC(NC(=O)c1ccc(-c2ccc(Cl)cc2)s1)C(=O)O. The zero-order valence-electron chi connectivity index (χ0n) is 14.9. The van der Waals surface area contributed by atoms with E-state index in [4.69, 9.17) is 16.3 Å². The van der Waals surface area contributed by atoms with E-state index < -0.39 is 17.9 Å². The van der Waals surface area contributed by atoms with Crippen LogP contribution >= 0.6 is 22.9 Å². The van der Waals surface area contributed by atoms with Crippen LogP contribution in [0.1, 0.15) is 36.9 Å². The molecule has 1 aromatic heterocycles. The molecular weight excluding hydrogens is 374 g/mol. The summed E-state index contributed by atoms with van der Waals surface area (Å²) >= 11 is 7.19. The van der Waals surface area contributed by atoms with Gasteiger partial charge in [0.1, 0.15) is 6.04 Å². The number of carboxylic acid groups (broad SMARTS) is 1. The summed E-state index contributed by atoms with van der Waals surface area (Å²) in [5.41, 5.74) is 0.598. The van der Waals surface area contributed by atoms with Crippen LogP contribution in [-0.4, -0.2) is 35.2 Å². The predicted molar refractivity (Wildman–Crippen MR) is 104 cm³/mol. The second-order valence-corrected chi connectivity index (χ2v) is 8.30. The highest BCUT2D eigenvalue weighted by molar-refractivity contribution is 7.17. The fraction of sp³-hybridized carbons (Fsp3) is 0.368. The zero-order valence-corrected chi connectivity index (χ0v) is 16.5. The molecule has 0 bridgehead atoms. The average molecular weight is 396 g/mol. The van der Waals surface area contributed by atoms with Crippen molar-refractivity contribution in [2.45, 2.75) is 38.8 Å². The standard InChI is InChI=1S/C19H22ClNO4S/c1-19(2,3)25-11-10-14(18(23)24)21-17(22)16-9-8-15(26-16)12-4-6-13(20)7-5-12/h4-9,14H,10-11H2,1-3H3,(H,21,22)(H,23,24). The Morgan fingerprint density at radius 1 is 1.19 bits per heavy atom. The van der Waals surface area contributed by atoms with E-state index in [0.717, 1.165) is 10.4 Å². The molecule has 140 valence electrons. The molecule has 2 N–H and O–H groups in total. The van der Waals surface area contributed by atoms with Gasteiger partial charge in [0.05, 0.1) is 10.5 Å². The minimum absolute atomic E-state index is 0.202. The summed E-state index contributed by atoms with van der Waals surface area (Å²) in [6, 6.07) is 9.85. The molecule has 5 nitrogen and oxygen atoms in total. The van der Waals surface area contributed by atoms with Crippen molar-refractivity contribution < 1.29 is 19.4 Å². The quantitative estimate of drug-likeness (QED) is 0.725. The van der Waals surface area contributed by atoms with Crippen molar-refractivity contribution in [3.63, 3.8) is 0 Å². The lowest BCUT2D eigenvalue weighted by atomic mass is 10.1. The lowest BCUT2D eigenvalue weighted by Gasteiger charge is -2.21. The van der Waals surface area contributed by atoms with Crippen LogP contribution in [0.4, 0.5) is 0 Å². The Kier molecular flexibility index (Phi) is 6.81. The van der Waals surface area contributed by atoms with E-state index in [1.807, 2.05) is 39.0 Å². The van der Waals surface area contributed by atoms with E-state index in [2.05, 4.69) is 5.32 Å². The first-order valence-electron chi connectivity index (χ1n) is 8.19. The summed E-state index contributed by atoms with van der Waals surface area (Å²) in [5.74, 6) is -1.48. The maximum Gasteiger partial charge on any atom is 0.326 e. The van der Waals surface area contributed by atoms with E-state index in [0.29, 0.717) is 9.90 Å². The summed E-state index contributed by atoms with van der Waals surface area (Å²) < 4.78 is 5.55. The van der Waals surface area contributed by atoms with E-state index in [-0.39, 0.29) is 18.6 Å². The Labute approximate surface area is 161 Å². The first-order chi connectivity index (χ1) is 12.2. The second-order valence-electron chi connectivity index (χ2n) is 6.78. The van der Waals surface area contributed by atoms with E-state index in [1.165, 1.54) is 11.3 Å². The highest BCUT2D eigenvalue weighted by atomic mass is 35.5. The minimum atomic E-state index is -1.08. The first-order valence-corrected chi connectivity index (χ1v) is 9.38. The third kappa shape index (κ3) is 6.12. The molecule has 0 radical (unpaired) electrons. The number of halogens is 1. The molecule has 0 aliphatic carbocycles. The summed E-state index contributed by atoms with van der Waals surface area (Å²) in [4.78, 5) is 25.2. The summed E-state index contributed by atoms with van der Waals surface area (Å²) in [6.45, 7) is 5.93. The van der Waals surface area contributed by atoms with Gasteiger partial charge in [-0.2, -0.15) is 0 Å². The van der Waals surface area contributed by atoms with Crippen LogP contribution < -0.4 is 5.32 Å². The van der Waals surface area contributed by atoms with Crippen LogP contribution in [0, 0.1) is 0 Å². The van der Waals surface area contributed by atoms with Gasteiger partial charge in [-0.05, 0) is 50.6 Å². The lowest BCUT2D eigenvalue weighted by Crippen LogP contribution is -2.41. The number of hydrogen-bond acceptors (Lipinski definition) is 4. The van der Waals surface area contributed by atoms with Crippen molar-refractivity contribution >= 4 is 34.8 Å². The Balaban J connectivity index is 2.01. The highest BCUT2D eigenvalue weighted by Crippen LogP contribution is 2.29. The predicted octanol–water partition coefficient (Wildman–Crippen LogP) is 4.46. The van der Waals surface area contributed by atoms with Crippen molar-refractivity contribution in [1.29, 1.82) is 0 Å². The van der Waals surface area contributed by atoms with Crippen molar-refractivity contribution in [3.8, 4) is 10.4 Å². The van der Waals surface area contributed by atoms with Crippen LogP contribution in [0.3, 0.4) is 0 Å². The number of ether oxygens (including phenoxy) is 1. The van der Waals surface area contributed by atoms with Crippen LogP contribution in [0.2, 0.25) is 5.02 Å². The maximum atomic E-state index is 12.4. The highest BCUT2D eigenvalue weighted by Gasteiger charge is 2.22. The average Bonchev–Trinajstić information content (AvgIpc) is 3.03. The molecular formula is C19H22ClNO4S. The van der Waals surface area contributed by atoms with Crippen LogP contribution in [0.15, 0.2) is 36.4 Å². The molecule has 1 amide bonds. The second kappa shape index (κ2) is 8.66. The van der Waals surface area contributed by atoms with E-state index in [9.17, 15) is 14.7 Å². The molecule has 2 rings (SSSR count). The summed E-state index contributed by atoms with van der Waals surface area (Å²) in [6.07, 6.45) is 0.202.